The monoisotopic (exact) mass is 230 g/mol. The lowest BCUT2D eigenvalue weighted by atomic mass is 10.3. The smallest absolute Gasteiger partial charge is 0.225 e. The lowest BCUT2D eigenvalue weighted by molar-refractivity contribution is 0.846. The Hall–Kier alpha value is -2.08. The molecule has 0 saturated carbocycles. The van der Waals surface area contributed by atoms with Gasteiger partial charge in [-0.3, -0.25) is 9.97 Å². The van der Waals surface area contributed by atoms with Gasteiger partial charge in [-0.05, 0) is 6.07 Å². The normalized spacial score (nSPS) is 10.2. The Labute approximate surface area is 99.6 Å². The van der Waals surface area contributed by atoms with Gasteiger partial charge >= 0.3 is 0 Å². The van der Waals surface area contributed by atoms with Crippen LogP contribution in [-0.2, 0) is 0 Å². The first-order valence-electron chi connectivity index (χ1n) is 5.32. The van der Waals surface area contributed by atoms with E-state index in [4.69, 9.17) is 5.73 Å². The van der Waals surface area contributed by atoms with Crippen LogP contribution in [0.4, 0.5) is 5.95 Å². The van der Waals surface area contributed by atoms with Crippen molar-refractivity contribution >= 4 is 5.95 Å². The molecule has 0 bridgehead atoms. The van der Waals surface area contributed by atoms with Crippen molar-refractivity contribution in [1.82, 2.24) is 19.9 Å². The van der Waals surface area contributed by atoms with Crippen LogP contribution in [0.5, 0.6) is 0 Å². The number of anilines is 1. The first-order valence-corrected chi connectivity index (χ1v) is 5.32. The Balaban J connectivity index is 2.29. The molecule has 0 atom stereocenters. The lowest BCUT2D eigenvalue weighted by Crippen LogP contribution is -2.26. The van der Waals surface area contributed by atoms with Crippen LogP contribution in [0.25, 0.3) is 11.4 Å². The number of likely N-dealkylation sites (N-methyl/N-ethyl adjacent to an activating group) is 1. The second-order valence-electron chi connectivity index (χ2n) is 3.54. The van der Waals surface area contributed by atoms with Gasteiger partial charge in [0.05, 0.1) is 11.9 Å². The Morgan fingerprint density at radius 3 is 2.76 bits per heavy atom. The van der Waals surface area contributed by atoms with Gasteiger partial charge in [-0.15, -0.1) is 0 Å². The largest absolute Gasteiger partial charge is 0.343 e. The van der Waals surface area contributed by atoms with Crippen molar-refractivity contribution in [2.45, 2.75) is 0 Å². The van der Waals surface area contributed by atoms with Crippen LogP contribution in [-0.4, -0.2) is 40.1 Å². The van der Waals surface area contributed by atoms with Gasteiger partial charge in [0.15, 0.2) is 0 Å². The van der Waals surface area contributed by atoms with Gasteiger partial charge < -0.3 is 10.6 Å². The van der Waals surface area contributed by atoms with Crippen LogP contribution in [0.3, 0.4) is 0 Å². The molecule has 0 unspecified atom stereocenters. The standard InChI is InChI=1S/C11H14N6/c1-17(7-3-12)11-15-4-2-9(16-11)10-8-13-5-6-14-10/h2,4-6,8H,3,7,12H2,1H3. The molecule has 2 N–H and O–H groups in total. The third-order valence-electron chi connectivity index (χ3n) is 2.27. The molecule has 2 rings (SSSR count). The average molecular weight is 230 g/mol. The van der Waals surface area contributed by atoms with Crippen molar-refractivity contribution in [3.8, 4) is 11.4 Å². The topological polar surface area (TPSA) is 80.8 Å². The molecule has 0 fully saturated rings. The van der Waals surface area contributed by atoms with Crippen LogP contribution >= 0.6 is 0 Å². The number of rotatable bonds is 4. The summed E-state index contributed by atoms with van der Waals surface area (Å²) in [5.41, 5.74) is 6.99. The van der Waals surface area contributed by atoms with E-state index in [1.54, 1.807) is 24.8 Å². The summed E-state index contributed by atoms with van der Waals surface area (Å²) in [6.07, 6.45) is 6.65. The Kier molecular flexibility index (Phi) is 3.56. The number of nitrogens with two attached hydrogens (primary N) is 1. The molecule has 0 aliphatic heterocycles. The fourth-order valence-corrected chi connectivity index (χ4v) is 1.40. The zero-order chi connectivity index (χ0) is 12.1. The van der Waals surface area contributed by atoms with Crippen LogP contribution in [0, 0.1) is 0 Å². The molecule has 0 saturated heterocycles. The minimum atomic E-state index is 0.565. The number of nitrogens with zero attached hydrogens (tertiary/aromatic N) is 5. The van der Waals surface area contributed by atoms with Crippen LogP contribution in [0.1, 0.15) is 0 Å². The van der Waals surface area contributed by atoms with Gasteiger partial charge in [-0.1, -0.05) is 0 Å². The van der Waals surface area contributed by atoms with Gasteiger partial charge in [0, 0.05) is 38.7 Å². The minimum Gasteiger partial charge on any atom is -0.343 e. The van der Waals surface area contributed by atoms with E-state index in [2.05, 4.69) is 19.9 Å². The molecule has 2 aromatic heterocycles. The fourth-order valence-electron chi connectivity index (χ4n) is 1.40. The van der Waals surface area contributed by atoms with Crippen molar-refractivity contribution in [3.05, 3.63) is 30.9 Å². The van der Waals surface area contributed by atoms with E-state index in [9.17, 15) is 0 Å². The summed E-state index contributed by atoms with van der Waals surface area (Å²) in [4.78, 5) is 18.7. The van der Waals surface area contributed by atoms with Crippen molar-refractivity contribution < 1.29 is 0 Å². The van der Waals surface area contributed by atoms with Gasteiger partial charge in [-0.2, -0.15) is 0 Å². The van der Waals surface area contributed by atoms with E-state index in [-0.39, 0.29) is 0 Å². The summed E-state index contributed by atoms with van der Waals surface area (Å²) in [5, 5.41) is 0. The molecular weight excluding hydrogens is 216 g/mol. The lowest BCUT2D eigenvalue weighted by Gasteiger charge is -2.15. The van der Waals surface area contributed by atoms with E-state index >= 15 is 0 Å². The van der Waals surface area contributed by atoms with Crippen LogP contribution < -0.4 is 10.6 Å². The molecule has 0 aliphatic rings. The molecule has 6 nitrogen and oxygen atoms in total. The molecule has 17 heavy (non-hydrogen) atoms. The molecule has 88 valence electrons. The van der Waals surface area contributed by atoms with Gasteiger partial charge in [-0.25, -0.2) is 9.97 Å². The predicted octanol–water partition coefficient (Wildman–Crippen LogP) is 0.328. The van der Waals surface area contributed by atoms with Crippen LogP contribution in [0.15, 0.2) is 30.9 Å². The molecular formula is C11H14N6. The highest BCUT2D eigenvalue weighted by molar-refractivity contribution is 5.53. The highest BCUT2D eigenvalue weighted by atomic mass is 15.2. The molecule has 0 spiro atoms. The van der Waals surface area contributed by atoms with Crippen molar-refractivity contribution in [1.29, 1.82) is 0 Å². The second kappa shape index (κ2) is 5.31. The number of hydrogen-bond acceptors (Lipinski definition) is 6. The zero-order valence-electron chi connectivity index (χ0n) is 9.61. The molecule has 2 heterocycles. The van der Waals surface area contributed by atoms with E-state index in [0.717, 1.165) is 11.4 Å². The quantitative estimate of drug-likeness (QED) is 0.815. The Morgan fingerprint density at radius 2 is 2.06 bits per heavy atom. The summed E-state index contributed by atoms with van der Waals surface area (Å²) >= 11 is 0. The molecule has 0 radical (unpaired) electrons. The molecule has 0 aromatic carbocycles. The van der Waals surface area contributed by atoms with Crippen molar-refractivity contribution in [3.63, 3.8) is 0 Å². The first-order chi connectivity index (χ1) is 8.31. The SMILES string of the molecule is CN(CCN)c1nccc(-c2cnccn2)n1. The third kappa shape index (κ3) is 2.73. The predicted molar refractivity (Wildman–Crippen MR) is 65.4 cm³/mol. The highest BCUT2D eigenvalue weighted by Crippen LogP contribution is 2.14. The number of hydrogen-bond donors (Lipinski definition) is 1. The maximum atomic E-state index is 5.50. The number of aromatic nitrogens is 4. The third-order valence-corrected chi connectivity index (χ3v) is 2.27. The minimum absolute atomic E-state index is 0.565. The average Bonchev–Trinajstić information content (AvgIpc) is 2.40. The maximum absolute atomic E-state index is 5.50. The van der Waals surface area contributed by atoms with E-state index in [1.165, 1.54) is 0 Å². The summed E-state index contributed by atoms with van der Waals surface area (Å²) in [5.74, 6) is 0.638. The second-order valence-corrected chi connectivity index (χ2v) is 3.54. The van der Waals surface area contributed by atoms with E-state index < -0.39 is 0 Å². The summed E-state index contributed by atoms with van der Waals surface area (Å²) in [7, 11) is 1.91. The van der Waals surface area contributed by atoms with Crippen molar-refractivity contribution in [2.24, 2.45) is 5.73 Å². The molecule has 0 amide bonds. The molecule has 2 aromatic rings. The van der Waals surface area contributed by atoms with Gasteiger partial charge in [0.25, 0.3) is 0 Å². The highest BCUT2D eigenvalue weighted by Gasteiger charge is 2.06. The van der Waals surface area contributed by atoms with Gasteiger partial charge in [0.1, 0.15) is 5.69 Å². The summed E-state index contributed by atoms with van der Waals surface area (Å²) in [6, 6.07) is 1.81. The zero-order valence-corrected chi connectivity index (χ0v) is 9.61. The Morgan fingerprint density at radius 1 is 1.18 bits per heavy atom. The van der Waals surface area contributed by atoms with Gasteiger partial charge in [0.2, 0.25) is 5.95 Å². The Bertz CT molecular complexity index is 472. The molecule has 0 aliphatic carbocycles. The summed E-state index contributed by atoms with van der Waals surface area (Å²) in [6.45, 7) is 1.28. The van der Waals surface area contributed by atoms with Crippen LogP contribution in [0.2, 0.25) is 0 Å². The molecule has 6 heteroatoms. The summed E-state index contributed by atoms with van der Waals surface area (Å²) < 4.78 is 0. The first kappa shape index (κ1) is 11.4. The van der Waals surface area contributed by atoms with Crippen molar-refractivity contribution in [2.75, 3.05) is 25.0 Å². The fraction of sp³-hybridized carbons (Fsp3) is 0.273. The maximum Gasteiger partial charge on any atom is 0.225 e. The van der Waals surface area contributed by atoms with E-state index in [1.807, 2.05) is 18.0 Å². The van der Waals surface area contributed by atoms with E-state index in [0.29, 0.717) is 19.0 Å².